The van der Waals surface area contributed by atoms with Crippen LogP contribution in [0.15, 0.2) is 29.8 Å². The standard InChI is InChI=1S/C17H20N2O4S/c20-16(18-14-4-7-24(22,23)11-14)15-3-2-12(10-19(15)21)13-8-17(9-13)5-1-6-17/h2-4,7,10,13-14H,1,5-6,8-9,11H2,(H,18,20). The topological polar surface area (TPSA) is 90.2 Å². The van der Waals surface area contributed by atoms with Crippen molar-refractivity contribution in [2.75, 3.05) is 5.75 Å². The van der Waals surface area contributed by atoms with Crippen LogP contribution >= 0.6 is 0 Å². The highest BCUT2D eigenvalue weighted by Gasteiger charge is 2.48. The lowest BCUT2D eigenvalue weighted by Gasteiger charge is -2.54. The van der Waals surface area contributed by atoms with Gasteiger partial charge in [-0.1, -0.05) is 6.42 Å². The van der Waals surface area contributed by atoms with E-state index in [-0.39, 0.29) is 11.4 Å². The number of carbonyl (C=O) groups excluding carboxylic acids is 1. The Hall–Kier alpha value is -1.89. The molecule has 2 fully saturated rings. The van der Waals surface area contributed by atoms with Crippen molar-refractivity contribution in [2.45, 2.75) is 44.1 Å². The van der Waals surface area contributed by atoms with Gasteiger partial charge >= 0.3 is 5.91 Å². The normalized spacial score (nSPS) is 26.8. The van der Waals surface area contributed by atoms with Crippen molar-refractivity contribution in [3.8, 4) is 0 Å². The maximum Gasteiger partial charge on any atom is 0.317 e. The van der Waals surface area contributed by atoms with E-state index in [2.05, 4.69) is 5.32 Å². The Morgan fingerprint density at radius 2 is 2.04 bits per heavy atom. The summed E-state index contributed by atoms with van der Waals surface area (Å²) in [6.45, 7) is 0. The van der Waals surface area contributed by atoms with Gasteiger partial charge in [0.2, 0.25) is 0 Å². The molecule has 7 heteroatoms. The summed E-state index contributed by atoms with van der Waals surface area (Å²) in [7, 11) is -3.24. The highest BCUT2D eigenvalue weighted by Crippen LogP contribution is 2.61. The number of sulfone groups is 1. The van der Waals surface area contributed by atoms with Crippen molar-refractivity contribution >= 4 is 15.7 Å². The number of nitrogens with one attached hydrogen (secondary N) is 1. The zero-order chi connectivity index (χ0) is 16.9. The summed E-state index contributed by atoms with van der Waals surface area (Å²) in [6.07, 6.45) is 9.14. The number of carbonyl (C=O) groups is 1. The SMILES string of the molecule is O=C(NC1C=CS(=O)(=O)C1)c1ccc(C2CC3(CCC3)C2)c[n+]1[O-]. The Balaban J connectivity index is 1.42. The molecule has 2 saturated carbocycles. The van der Waals surface area contributed by atoms with Crippen LogP contribution in [-0.4, -0.2) is 26.1 Å². The highest BCUT2D eigenvalue weighted by atomic mass is 32.2. The van der Waals surface area contributed by atoms with E-state index in [1.807, 2.05) is 6.07 Å². The first-order chi connectivity index (χ1) is 11.4. The van der Waals surface area contributed by atoms with Gasteiger partial charge in [0, 0.05) is 17.0 Å². The number of hydrogen-bond donors (Lipinski definition) is 1. The monoisotopic (exact) mass is 348 g/mol. The Kier molecular flexibility index (Phi) is 3.46. The number of aromatic nitrogens is 1. The number of amides is 1. The second-order valence-electron chi connectivity index (χ2n) is 7.37. The molecule has 0 radical (unpaired) electrons. The summed E-state index contributed by atoms with van der Waals surface area (Å²) in [6, 6.07) is 2.81. The Morgan fingerprint density at radius 1 is 1.29 bits per heavy atom. The van der Waals surface area contributed by atoms with Gasteiger partial charge in [0.25, 0.3) is 5.69 Å². The maximum absolute atomic E-state index is 12.2. The first-order valence-corrected chi connectivity index (χ1v) is 10.0. The van der Waals surface area contributed by atoms with Crippen LogP contribution in [0, 0.1) is 10.6 Å². The van der Waals surface area contributed by atoms with Crippen molar-refractivity contribution in [1.82, 2.24) is 5.32 Å². The fourth-order valence-corrected chi connectivity index (χ4v) is 5.36. The summed E-state index contributed by atoms with van der Waals surface area (Å²) >= 11 is 0. The first kappa shape index (κ1) is 15.6. The lowest BCUT2D eigenvalue weighted by atomic mass is 9.51. The van der Waals surface area contributed by atoms with Gasteiger partial charge < -0.3 is 10.5 Å². The summed E-state index contributed by atoms with van der Waals surface area (Å²) < 4.78 is 23.3. The van der Waals surface area contributed by atoms with E-state index < -0.39 is 21.8 Å². The molecule has 0 aromatic carbocycles. The van der Waals surface area contributed by atoms with Crippen molar-refractivity contribution in [3.05, 3.63) is 46.3 Å². The smallest absolute Gasteiger partial charge is 0.317 e. The Labute approximate surface area is 141 Å². The molecule has 4 rings (SSSR count). The Bertz CT molecular complexity index is 819. The van der Waals surface area contributed by atoms with Crippen molar-refractivity contribution in [2.24, 2.45) is 5.41 Å². The molecular formula is C17H20N2O4S. The van der Waals surface area contributed by atoms with Gasteiger partial charge in [0.15, 0.2) is 16.0 Å². The molecule has 24 heavy (non-hydrogen) atoms. The van der Waals surface area contributed by atoms with Gasteiger partial charge in [-0.15, -0.1) is 0 Å². The van der Waals surface area contributed by atoms with Crippen LogP contribution in [0.25, 0.3) is 0 Å². The lowest BCUT2D eigenvalue weighted by Crippen LogP contribution is -2.45. The molecule has 1 N–H and O–H groups in total. The average Bonchev–Trinajstić information content (AvgIpc) is 2.74. The van der Waals surface area contributed by atoms with Crippen LogP contribution in [0.1, 0.15) is 54.1 Å². The molecule has 1 spiro atoms. The molecule has 128 valence electrons. The average molecular weight is 348 g/mol. The highest BCUT2D eigenvalue weighted by molar-refractivity contribution is 7.94. The number of rotatable bonds is 3. The van der Waals surface area contributed by atoms with Gasteiger partial charge in [-0.05, 0) is 49.2 Å². The Morgan fingerprint density at radius 3 is 2.58 bits per heavy atom. The van der Waals surface area contributed by atoms with E-state index >= 15 is 0 Å². The largest absolute Gasteiger partial charge is 0.618 e. The van der Waals surface area contributed by atoms with E-state index in [0.717, 1.165) is 23.8 Å². The van der Waals surface area contributed by atoms with Crippen LogP contribution in [0.2, 0.25) is 0 Å². The second kappa shape index (κ2) is 5.31. The van der Waals surface area contributed by atoms with E-state index in [1.165, 1.54) is 37.6 Å². The van der Waals surface area contributed by atoms with Crippen molar-refractivity contribution in [1.29, 1.82) is 0 Å². The molecular weight excluding hydrogens is 328 g/mol. The van der Waals surface area contributed by atoms with Gasteiger partial charge in [-0.25, -0.2) is 8.42 Å². The fourth-order valence-electron chi connectivity index (χ4n) is 4.13. The van der Waals surface area contributed by atoms with Gasteiger partial charge in [0.05, 0.1) is 11.8 Å². The fraction of sp³-hybridized carbons (Fsp3) is 0.529. The van der Waals surface area contributed by atoms with Crippen LogP contribution < -0.4 is 10.0 Å². The molecule has 6 nitrogen and oxygen atoms in total. The minimum atomic E-state index is -3.24. The number of pyridine rings is 1. The zero-order valence-corrected chi connectivity index (χ0v) is 14.1. The quantitative estimate of drug-likeness (QED) is 0.660. The summed E-state index contributed by atoms with van der Waals surface area (Å²) in [5, 5.41) is 15.9. The summed E-state index contributed by atoms with van der Waals surface area (Å²) in [5.41, 5.74) is 1.52. The van der Waals surface area contributed by atoms with Crippen LogP contribution in [-0.2, 0) is 9.84 Å². The van der Waals surface area contributed by atoms with E-state index in [0.29, 0.717) is 16.1 Å². The molecule has 1 aliphatic heterocycles. The predicted molar refractivity (Wildman–Crippen MR) is 87.8 cm³/mol. The van der Waals surface area contributed by atoms with Gasteiger partial charge in [0.1, 0.15) is 0 Å². The summed E-state index contributed by atoms with van der Waals surface area (Å²) in [4.78, 5) is 12.2. The molecule has 1 unspecified atom stereocenters. The first-order valence-electron chi connectivity index (χ1n) is 8.31. The third-order valence-electron chi connectivity index (χ3n) is 5.66. The third-order valence-corrected chi connectivity index (χ3v) is 7.06. The zero-order valence-electron chi connectivity index (χ0n) is 13.3. The van der Waals surface area contributed by atoms with Gasteiger partial charge in [-0.3, -0.25) is 4.79 Å². The predicted octanol–water partition coefficient (Wildman–Crippen LogP) is 1.41. The van der Waals surface area contributed by atoms with E-state index in [4.69, 9.17) is 0 Å². The lowest BCUT2D eigenvalue weighted by molar-refractivity contribution is -0.608. The molecule has 2 aliphatic carbocycles. The maximum atomic E-state index is 12.2. The number of hydrogen-bond acceptors (Lipinski definition) is 4. The van der Waals surface area contributed by atoms with Crippen molar-refractivity contribution < 1.29 is 17.9 Å². The molecule has 0 bridgehead atoms. The van der Waals surface area contributed by atoms with Crippen molar-refractivity contribution in [3.63, 3.8) is 0 Å². The van der Waals surface area contributed by atoms with Gasteiger partial charge in [-0.2, -0.15) is 4.73 Å². The van der Waals surface area contributed by atoms with Crippen LogP contribution in [0.4, 0.5) is 0 Å². The molecule has 3 aliphatic rings. The molecule has 1 atom stereocenters. The molecule has 0 saturated heterocycles. The molecule has 1 aromatic rings. The minimum Gasteiger partial charge on any atom is -0.618 e. The second-order valence-corrected chi connectivity index (χ2v) is 9.30. The number of nitrogens with zero attached hydrogens (tertiary/aromatic N) is 1. The van der Waals surface area contributed by atoms with E-state index in [9.17, 15) is 18.4 Å². The molecule has 2 heterocycles. The summed E-state index contributed by atoms with van der Waals surface area (Å²) in [5.74, 6) is -0.280. The van der Waals surface area contributed by atoms with E-state index in [1.54, 1.807) is 0 Å². The third kappa shape index (κ3) is 2.70. The molecule has 1 aromatic heterocycles. The van der Waals surface area contributed by atoms with Crippen LogP contribution in [0.3, 0.4) is 0 Å². The molecule has 1 amide bonds. The van der Waals surface area contributed by atoms with Crippen LogP contribution in [0.5, 0.6) is 0 Å². The minimum absolute atomic E-state index is 0.00544.